The Morgan fingerprint density at radius 1 is 1.22 bits per heavy atom. The smallest absolute Gasteiger partial charge is 0.269 e. The van der Waals surface area contributed by atoms with Gasteiger partial charge in [-0.3, -0.25) is 4.79 Å². The molecule has 0 saturated carbocycles. The van der Waals surface area contributed by atoms with Crippen LogP contribution >= 0.6 is 0 Å². The highest BCUT2D eigenvalue weighted by atomic mass is 16.3. The third kappa shape index (κ3) is 2.64. The first kappa shape index (κ1) is 12.1. The van der Waals surface area contributed by atoms with Gasteiger partial charge in [-0.2, -0.15) is 0 Å². The number of hydrogen-bond donors (Lipinski definition) is 3. The molecule has 1 unspecified atom stereocenters. The third-order valence-electron chi connectivity index (χ3n) is 2.45. The number of amides is 1. The van der Waals surface area contributed by atoms with Gasteiger partial charge in [0.05, 0.1) is 5.69 Å². The fourth-order valence-corrected chi connectivity index (χ4v) is 1.58. The molecule has 0 aliphatic heterocycles. The molecule has 1 heterocycles. The third-order valence-corrected chi connectivity index (χ3v) is 2.45. The predicted molar refractivity (Wildman–Crippen MR) is 67.8 cm³/mol. The number of anilines is 1. The van der Waals surface area contributed by atoms with Crippen LogP contribution < -0.4 is 11.1 Å². The average molecular weight is 243 g/mol. The molecule has 0 bridgehead atoms. The molecule has 1 aromatic heterocycles. The first-order valence-corrected chi connectivity index (χ1v) is 5.43. The van der Waals surface area contributed by atoms with Crippen LogP contribution in [0.25, 0.3) is 0 Å². The fraction of sp³-hybridized carbons (Fsp3) is 0.0769. The number of aromatic nitrogens is 1. The van der Waals surface area contributed by atoms with E-state index in [1.54, 1.807) is 24.3 Å². The van der Waals surface area contributed by atoms with Crippen LogP contribution in [0.1, 0.15) is 22.3 Å². The highest BCUT2D eigenvalue weighted by Crippen LogP contribution is 2.19. The number of aliphatic hydroxyl groups excluding tert-OH is 1. The SMILES string of the molecule is NC(=O)c1ncccc1NC(O)c1ccccc1. The number of primary amides is 1. The van der Waals surface area contributed by atoms with E-state index in [0.717, 1.165) is 0 Å². The topological polar surface area (TPSA) is 88.2 Å². The lowest BCUT2D eigenvalue weighted by Gasteiger charge is -2.15. The monoisotopic (exact) mass is 243 g/mol. The molecule has 5 heteroatoms. The highest BCUT2D eigenvalue weighted by Gasteiger charge is 2.12. The van der Waals surface area contributed by atoms with Gasteiger partial charge in [-0.15, -0.1) is 0 Å². The number of nitrogens with one attached hydrogen (secondary N) is 1. The lowest BCUT2D eigenvalue weighted by molar-refractivity contribution is 0.0996. The molecule has 0 radical (unpaired) electrons. The molecule has 1 aromatic carbocycles. The van der Waals surface area contributed by atoms with Crippen molar-refractivity contribution in [3.8, 4) is 0 Å². The van der Waals surface area contributed by atoms with Crippen molar-refractivity contribution in [1.82, 2.24) is 4.98 Å². The van der Waals surface area contributed by atoms with Gasteiger partial charge in [0.25, 0.3) is 5.91 Å². The second kappa shape index (κ2) is 5.29. The maximum atomic E-state index is 11.2. The number of nitrogens with two attached hydrogens (primary N) is 1. The van der Waals surface area contributed by atoms with Gasteiger partial charge in [-0.25, -0.2) is 4.98 Å². The zero-order valence-electron chi connectivity index (χ0n) is 9.58. The van der Waals surface area contributed by atoms with Crippen LogP contribution in [0.15, 0.2) is 48.7 Å². The van der Waals surface area contributed by atoms with Crippen molar-refractivity contribution in [2.75, 3.05) is 5.32 Å². The summed E-state index contributed by atoms with van der Waals surface area (Å²) in [6, 6.07) is 12.3. The first-order valence-electron chi connectivity index (χ1n) is 5.43. The summed E-state index contributed by atoms with van der Waals surface area (Å²) in [5, 5.41) is 12.8. The zero-order valence-corrected chi connectivity index (χ0v) is 9.58. The Labute approximate surface area is 104 Å². The van der Waals surface area contributed by atoms with Crippen molar-refractivity contribution in [3.05, 3.63) is 59.9 Å². The van der Waals surface area contributed by atoms with Crippen molar-refractivity contribution in [2.24, 2.45) is 5.73 Å². The molecule has 0 aliphatic carbocycles. The maximum absolute atomic E-state index is 11.2. The van der Waals surface area contributed by atoms with Gasteiger partial charge in [0.15, 0.2) is 11.9 Å². The Balaban J connectivity index is 2.22. The van der Waals surface area contributed by atoms with E-state index in [-0.39, 0.29) is 5.69 Å². The van der Waals surface area contributed by atoms with Crippen molar-refractivity contribution in [3.63, 3.8) is 0 Å². The number of rotatable bonds is 4. The Morgan fingerprint density at radius 3 is 2.61 bits per heavy atom. The minimum Gasteiger partial charge on any atom is -0.369 e. The minimum absolute atomic E-state index is 0.104. The van der Waals surface area contributed by atoms with Crippen LogP contribution in [0.2, 0.25) is 0 Å². The quantitative estimate of drug-likeness (QED) is 0.706. The molecule has 92 valence electrons. The number of aliphatic hydroxyl groups is 1. The number of hydrogen-bond acceptors (Lipinski definition) is 4. The second-order valence-corrected chi connectivity index (χ2v) is 3.72. The summed E-state index contributed by atoms with van der Waals surface area (Å²) < 4.78 is 0. The molecule has 4 N–H and O–H groups in total. The summed E-state index contributed by atoms with van der Waals surface area (Å²) in [5.74, 6) is -0.640. The van der Waals surface area contributed by atoms with Crippen molar-refractivity contribution in [1.29, 1.82) is 0 Å². The van der Waals surface area contributed by atoms with E-state index in [1.807, 2.05) is 18.2 Å². The van der Waals surface area contributed by atoms with E-state index in [2.05, 4.69) is 10.3 Å². The van der Waals surface area contributed by atoms with Crippen LogP contribution in [0, 0.1) is 0 Å². The van der Waals surface area contributed by atoms with Crippen LogP contribution in [-0.4, -0.2) is 16.0 Å². The Hall–Kier alpha value is -2.40. The largest absolute Gasteiger partial charge is 0.369 e. The Morgan fingerprint density at radius 2 is 1.94 bits per heavy atom. The lowest BCUT2D eigenvalue weighted by atomic mass is 10.2. The lowest BCUT2D eigenvalue weighted by Crippen LogP contribution is -2.18. The van der Waals surface area contributed by atoms with E-state index < -0.39 is 12.1 Å². The predicted octanol–water partition coefficient (Wildman–Crippen LogP) is 1.28. The Bertz CT molecular complexity index is 543. The van der Waals surface area contributed by atoms with Gasteiger partial charge in [0.1, 0.15) is 0 Å². The average Bonchev–Trinajstić information content (AvgIpc) is 2.40. The van der Waals surface area contributed by atoms with Gasteiger partial charge in [-0.05, 0) is 12.1 Å². The number of pyridine rings is 1. The maximum Gasteiger partial charge on any atom is 0.269 e. The Kier molecular flexibility index (Phi) is 3.54. The van der Waals surface area contributed by atoms with Crippen molar-refractivity contribution < 1.29 is 9.90 Å². The molecule has 1 amide bonds. The van der Waals surface area contributed by atoms with E-state index >= 15 is 0 Å². The normalized spacial score (nSPS) is 11.8. The molecule has 0 aliphatic rings. The van der Waals surface area contributed by atoms with Crippen LogP contribution in [0.3, 0.4) is 0 Å². The second-order valence-electron chi connectivity index (χ2n) is 3.72. The summed E-state index contributed by atoms with van der Waals surface area (Å²) in [4.78, 5) is 15.1. The molecule has 1 atom stereocenters. The van der Waals surface area contributed by atoms with Crippen LogP contribution in [0.4, 0.5) is 5.69 Å². The van der Waals surface area contributed by atoms with Crippen molar-refractivity contribution >= 4 is 11.6 Å². The van der Waals surface area contributed by atoms with Gasteiger partial charge in [0, 0.05) is 11.8 Å². The molecule has 18 heavy (non-hydrogen) atoms. The summed E-state index contributed by atoms with van der Waals surface area (Å²) >= 11 is 0. The highest BCUT2D eigenvalue weighted by molar-refractivity contribution is 5.96. The number of nitrogens with zero attached hydrogens (tertiary/aromatic N) is 1. The molecule has 0 saturated heterocycles. The standard InChI is InChI=1S/C13H13N3O2/c14-12(17)11-10(7-4-8-15-11)16-13(18)9-5-2-1-3-6-9/h1-8,13,16,18H,(H2,14,17). The zero-order chi connectivity index (χ0) is 13.0. The summed E-state index contributed by atoms with van der Waals surface area (Å²) in [7, 11) is 0. The number of carbonyl (C=O) groups excluding carboxylic acids is 1. The molecular weight excluding hydrogens is 230 g/mol. The van der Waals surface area contributed by atoms with Gasteiger partial charge in [0.2, 0.25) is 0 Å². The van der Waals surface area contributed by atoms with Crippen LogP contribution in [-0.2, 0) is 0 Å². The van der Waals surface area contributed by atoms with Gasteiger partial charge < -0.3 is 16.2 Å². The fourth-order valence-electron chi connectivity index (χ4n) is 1.58. The molecule has 0 spiro atoms. The molecular formula is C13H13N3O2. The molecule has 0 fully saturated rings. The summed E-state index contributed by atoms with van der Waals surface area (Å²) in [6.07, 6.45) is 0.550. The van der Waals surface area contributed by atoms with E-state index in [1.165, 1.54) is 6.20 Å². The van der Waals surface area contributed by atoms with Crippen molar-refractivity contribution in [2.45, 2.75) is 6.23 Å². The molecule has 5 nitrogen and oxygen atoms in total. The molecule has 2 aromatic rings. The van der Waals surface area contributed by atoms with Crippen LogP contribution in [0.5, 0.6) is 0 Å². The minimum atomic E-state index is -0.923. The van der Waals surface area contributed by atoms with Gasteiger partial charge in [-0.1, -0.05) is 30.3 Å². The number of benzene rings is 1. The summed E-state index contributed by atoms with van der Waals surface area (Å²) in [5.41, 5.74) is 6.41. The van der Waals surface area contributed by atoms with E-state index in [0.29, 0.717) is 11.3 Å². The molecule has 2 rings (SSSR count). The summed E-state index contributed by atoms with van der Waals surface area (Å²) in [6.45, 7) is 0. The van der Waals surface area contributed by atoms with E-state index in [4.69, 9.17) is 5.73 Å². The number of carbonyl (C=O) groups is 1. The van der Waals surface area contributed by atoms with Gasteiger partial charge >= 0.3 is 0 Å². The first-order chi connectivity index (χ1) is 8.68. The van der Waals surface area contributed by atoms with E-state index in [9.17, 15) is 9.90 Å².